The molecule has 1 heterocycles. The minimum atomic E-state index is 0.747. The summed E-state index contributed by atoms with van der Waals surface area (Å²) in [5.74, 6) is 0. The van der Waals surface area contributed by atoms with Gasteiger partial charge < -0.3 is 4.90 Å². The average molecular weight is 252 g/mol. The first-order valence-electron chi connectivity index (χ1n) is 4.46. The van der Waals surface area contributed by atoms with Crippen LogP contribution in [0.15, 0.2) is 34.8 Å². The van der Waals surface area contributed by atoms with Crippen molar-refractivity contribution in [3.8, 4) is 0 Å². The number of carbonyl (C=O) groups excluding carboxylic acids is 1. The zero-order valence-corrected chi connectivity index (χ0v) is 9.20. The van der Waals surface area contributed by atoms with E-state index in [1.807, 2.05) is 18.2 Å². The second-order valence-electron chi connectivity index (χ2n) is 3.20. The predicted octanol–water partition coefficient (Wildman–Crippen LogP) is 2.64. The lowest BCUT2D eigenvalue weighted by Crippen LogP contribution is -2.19. The van der Waals surface area contributed by atoms with Gasteiger partial charge in [-0.2, -0.15) is 0 Å². The van der Waals surface area contributed by atoms with Gasteiger partial charge in [0.05, 0.1) is 0 Å². The number of hydrogen-bond donors (Lipinski definition) is 0. The molecule has 0 aromatic heterocycles. The van der Waals surface area contributed by atoms with Crippen molar-refractivity contribution in [1.29, 1.82) is 0 Å². The summed E-state index contributed by atoms with van der Waals surface area (Å²) in [5, 5.41) is 0. The molecule has 0 amide bonds. The van der Waals surface area contributed by atoms with Crippen molar-refractivity contribution >= 4 is 27.9 Å². The van der Waals surface area contributed by atoms with E-state index in [0.717, 1.165) is 35.1 Å². The molecule has 14 heavy (non-hydrogen) atoms. The number of nitrogens with zero attached hydrogens (tertiary/aromatic N) is 1. The minimum absolute atomic E-state index is 0.747. The number of halogens is 1. The van der Waals surface area contributed by atoms with Crippen LogP contribution in [0.25, 0.3) is 0 Å². The summed E-state index contributed by atoms with van der Waals surface area (Å²) in [6.07, 6.45) is 5.12. The Bertz CT molecular complexity index is 379. The van der Waals surface area contributed by atoms with E-state index in [1.165, 1.54) is 0 Å². The molecule has 0 N–H and O–H groups in total. The highest BCUT2D eigenvalue weighted by molar-refractivity contribution is 9.10. The molecular formula is C11H10BrNO. The summed E-state index contributed by atoms with van der Waals surface area (Å²) in [4.78, 5) is 13.0. The summed E-state index contributed by atoms with van der Waals surface area (Å²) in [6.45, 7) is 1.77. The topological polar surface area (TPSA) is 20.3 Å². The molecule has 0 unspecified atom stereocenters. The fourth-order valence-corrected chi connectivity index (χ4v) is 1.91. The van der Waals surface area contributed by atoms with Crippen LogP contribution in [0.2, 0.25) is 0 Å². The van der Waals surface area contributed by atoms with Gasteiger partial charge in [-0.1, -0.05) is 28.1 Å². The molecule has 0 bridgehead atoms. The Kier molecular flexibility index (Phi) is 2.68. The van der Waals surface area contributed by atoms with Gasteiger partial charge in [0.1, 0.15) is 0 Å². The quantitative estimate of drug-likeness (QED) is 0.595. The standard InChI is InChI=1S/C11H10BrNO/c12-10-4-3-9(8-14)11(7-10)13-5-1-2-6-13/h1-4,7-8H,5-6H2. The SMILES string of the molecule is O=Cc1ccc(Br)cc1N1CC=CC1. The Morgan fingerprint density at radius 3 is 2.64 bits per heavy atom. The highest BCUT2D eigenvalue weighted by atomic mass is 79.9. The third-order valence-corrected chi connectivity index (χ3v) is 2.77. The highest BCUT2D eigenvalue weighted by Crippen LogP contribution is 2.25. The van der Waals surface area contributed by atoms with E-state index in [9.17, 15) is 4.79 Å². The van der Waals surface area contributed by atoms with E-state index >= 15 is 0 Å². The van der Waals surface area contributed by atoms with Gasteiger partial charge in [-0.15, -0.1) is 0 Å². The van der Waals surface area contributed by atoms with E-state index < -0.39 is 0 Å². The maximum Gasteiger partial charge on any atom is 0.152 e. The van der Waals surface area contributed by atoms with Gasteiger partial charge in [-0.3, -0.25) is 4.79 Å². The summed E-state index contributed by atoms with van der Waals surface area (Å²) >= 11 is 3.41. The van der Waals surface area contributed by atoms with E-state index in [4.69, 9.17) is 0 Å². The number of rotatable bonds is 2. The Morgan fingerprint density at radius 2 is 2.00 bits per heavy atom. The lowest BCUT2D eigenvalue weighted by atomic mass is 10.2. The van der Waals surface area contributed by atoms with Gasteiger partial charge in [0.15, 0.2) is 6.29 Å². The lowest BCUT2D eigenvalue weighted by Gasteiger charge is -2.19. The van der Waals surface area contributed by atoms with Crippen LogP contribution in [0, 0.1) is 0 Å². The zero-order chi connectivity index (χ0) is 9.97. The number of hydrogen-bond acceptors (Lipinski definition) is 2. The number of anilines is 1. The Morgan fingerprint density at radius 1 is 1.29 bits per heavy atom. The van der Waals surface area contributed by atoms with Crippen LogP contribution in [0.5, 0.6) is 0 Å². The van der Waals surface area contributed by atoms with Crippen molar-refractivity contribution in [1.82, 2.24) is 0 Å². The molecule has 3 heteroatoms. The Hall–Kier alpha value is -1.09. The van der Waals surface area contributed by atoms with Crippen molar-refractivity contribution in [2.24, 2.45) is 0 Å². The second-order valence-corrected chi connectivity index (χ2v) is 4.11. The zero-order valence-electron chi connectivity index (χ0n) is 7.61. The van der Waals surface area contributed by atoms with Crippen molar-refractivity contribution in [3.05, 3.63) is 40.4 Å². The van der Waals surface area contributed by atoms with Crippen LogP contribution in [0.1, 0.15) is 10.4 Å². The van der Waals surface area contributed by atoms with Crippen LogP contribution in [0.4, 0.5) is 5.69 Å². The summed E-state index contributed by atoms with van der Waals surface area (Å²) < 4.78 is 1.00. The molecule has 1 aliphatic heterocycles. The van der Waals surface area contributed by atoms with Crippen molar-refractivity contribution in [2.75, 3.05) is 18.0 Å². The summed E-state index contributed by atoms with van der Waals surface area (Å²) in [5.41, 5.74) is 1.75. The van der Waals surface area contributed by atoms with Gasteiger partial charge in [0.25, 0.3) is 0 Å². The third-order valence-electron chi connectivity index (χ3n) is 2.28. The van der Waals surface area contributed by atoms with Gasteiger partial charge in [0.2, 0.25) is 0 Å². The van der Waals surface area contributed by atoms with Gasteiger partial charge >= 0.3 is 0 Å². The number of carbonyl (C=O) groups is 1. The molecule has 1 aromatic carbocycles. The Balaban J connectivity index is 2.38. The van der Waals surface area contributed by atoms with Crippen LogP contribution < -0.4 is 4.90 Å². The van der Waals surface area contributed by atoms with Gasteiger partial charge in [0, 0.05) is 28.8 Å². The molecule has 72 valence electrons. The van der Waals surface area contributed by atoms with Crippen molar-refractivity contribution in [2.45, 2.75) is 0 Å². The fraction of sp³-hybridized carbons (Fsp3) is 0.182. The summed E-state index contributed by atoms with van der Waals surface area (Å²) in [7, 11) is 0. The molecule has 1 aromatic rings. The molecule has 1 aliphatic rings. The van der Waals surface area contributed by atoms with Crippen LogP contribution >= 0.6 is 15.9 Å². The van der Waals surface area contributed by atoms with E-state index in [1.54, 1.807) is 0 Å². The molecule has 2 nitrogen and oxygen atoms in total. The monoisotopic (exact) mass is 251 g/mol. The Labute approximate surface area is 91.3 Å². The van der Waals surface area contributed by atoms with Gasteiger partial charge in [-0.05, 0) is 18.2 Å². The molecule has 0 radical (unpaired) electrons. The van der Waals surface area contributed by atoms with Gasteiger partial charge in [-0.25, -0.2) is 0 Å². The number of benzene rings is 1. The normalized spacial score (nSPS) is 14.8. The molecule has 0 spiro atoms. The van der Waals surface area contributed by atoms with Crippen molar-refractivity contribution in [3.63, 3.8) is 0 Å². The molecule has 0 saturated heterocycles. The molecular weight excluding hydrogens is 242 g/mol. The highest BCUT2D eigenvalue weighted by Gasteiger charge is 2.11. The molecule has 0 fully saturated rings. The van der Waals surface area contributed by atoms with Crippen LogP contribution in [0.3, 0.4) is 0 Å². The second kappa shape index (κ2) is 3.96. The maximum atomic E-state index is 10.8. The minimum Gasteiger partial charge on any atom is -0.363 e. The predicted molar refractivity (Wildman–Crippen MR) is 60.9 cm³/mol. The molecule has 0 atom stereocenters. The first-order chi connectivity index (χ1) is 6.81. The van der Waals surface area contributed by atoms with Crippen LogP contribution in [-0.4, -0.2) is 19.4 Å². The number of aldehydes is 1. The lowest BCUT2D eigenvalue weighted by molar-refractivity contribution is 0.112. The van der Waals surface area contributed by atoms with E-state index in [-0.39, 0.29) is 0 Å². The largest absolute Gasteiger partial charge is 0.363 e. The van der Waals surface area contributed by atoms with E-state index in [2.05, 4.69) is 33.0 Å². The van der Waals surface area contributed by atoms with Crippen LogP contribution in [-0.2, 0) is 0 Å². The molecule has 0 aliphatic carbocycles. The smallest absolute Gasteiger partial charge is 0.152 e. The summed E-state index contributed by atoms with van der Waals surface area (Å²) in [6, 6.07) is 5.71. The maximum absolute atomic E-state index is 10.8. The first-order valence-corrected chi connectivity index (χ1v) is 5.25. The molecule has 2 rings (SSSR count). The van der Waals surface area contributed by atoms with E-state index in [0.29, 0.717) is 0 Å². The first kappa shape index (κ1) is 9.46. The average Bonchev–Trinajstić information content (AvgIpc) is 2.70. The fourth-order valence-electron chi connectivity index (χ4n) is 1.57. The third kappa shape index (κ3) is 1.73. The molecule has 0 saturated carbocycles. The van der Waals surface area contributed by atoms with Crippen molar-refractivity contribution < 1.29 is 4.79 Å².